The number of rotatable bonds is 8. The fourth-order valence-corrected chi connectivity index (χ4v) is 9.76. The summed E-state index contributed by atoms with van der Waals surface area (Å²) in [5, 5.41) is 2.48. The Morgan fingerprint density at radius 2 is 0.820 bits per heavy atom. The molecule has 1 heteroatoms. The first kappa shape index (κ1) is 36.3. The summed E-state index contributed by atoms with van der Waals surface area (Å²) in [6, 6.07) is 88.9. The lowest BCUT2D eigenvalue weighted by Crippen LogP contribution is -2.23. The SMILES string of the molecule is CC1(c2ccccc2)c2ccccc2-c2ccc(N(c3cccc(-c4ccc5ccccc5c4)c3)c3ccccc3-c3ccccc3-c3ccccc3-c3ccccc3)cc21. The minimum atomic E-state index is -0.338. The molecule has 1 unspecified atom stereocenters. The topological polar surface area (TPSA) is 3.24 Å². The van der Waals surface area contributed by atoms with Gasteiger partial charge in [0, 0.05) is 22.4 Å². The Kier molecular flexibility index (Phi) is 9.02. The predicted octanol–water partition coefficient (Wildman–Crippen LogP) is 16.3. The fraction of sp³-hybridized carbons (Fsp3) is 0.0333. The second kappa shape index (κ2) is 15.1. The third kappa shape index (κ3) is 6.26. The molecular weight excluding hydrogens is 735 g/mol. The van der Waals surface area contributed by atoms with Crippen LogP contribution in [0.2, 0.25) is 0 Å². The van der Waals surface area contributed by atoms with Crippen LogP contribution in [0, 0.1) is 0 Å². The van der Waals surface area contributed by atoms with E-state index in [1.54, 1.807) is 0 Å². The standard InChI is InChI=1S/C60H43N/c1-60(47-24-6-3-7-25-47)57-33-16-14-31-54(57)55-38-37-49(41-58(55)60)61(48-26-18-23-45(40-48)46-36-35-42-19-8-9-22-44(42)39-46)59-34-17-15-32-56(59)53-30-13-12-29-52(53)51-28-11-10-27-50(51)43-20-4-2-5-21-43/h2-41H,1H3. The molecule has 0 radical (unpaired) electrons. The quantitative estimate of drug-likeness (QED) is 0.149. The van der Waals surface area contributed by atoms with Crippen LogP contribution in [0.5, 0.6) is 0 Å². The van der Waals surface area contributed by atoms with Crippen LogP contribution in [-0.2, 0) is 5.41 Å². The van der Waals surface area contributed by atoms with E-state index in [1.165, 1.54) is 77.5 Å². The van der Waals surface area contributed by atoms with Crippen LogP contribution in [0.15, 0.2) is 243 Å². The molecule has 1 atom stereocenters. The Bertz CT molecular complexity index is 3220. The third-order valence-corrected chi connectivity index (χ3v) is 12.8. The van der Waals surface area contributed by atoms with Gasteiger partial charge in [-0.15, -0.1) is 0 Å². The van der Waals surface area contributed by atoms with Gasteiger partial charge in [0.2, 0.25) is 0 Å². The highest BCUT2D eigenvalue weighted by molar-refractivity contribution is 5.98. The van der Waals surface area contributed by atoms with Crippen molar-refractivity contribution in [2.24, 2.45) is 0 Å². The van der Waals surface area contributed by atoms with Gasteiger partial charge in [-0.05, 0) is 121 Å². The Morgan fingerprint density at radius 3 is 1.59 bits per heavy atom. The van der Waals surface area contributed by atoms with Crippen molar-refractivity contribution < 1.29 is 0 Å². The number of anilines is 3. The van der Waals surface area contributed by atoms with Crippen LogP contribution in [-0.4, -0.2) is 0 Å². The van der Waals surface area contributed by atoms with E-state index in [-0.39, 0.29) is 5.41 Å². The number of nitrogens with zero attached hydrogens (tertiary/aromatic N) is 1. The Hall–Kier alpha value is -7.74. The molecule has 0 amide bonds. The highest BCUT2D eigenvalue weighted by Crippen LogP contribution is 2.54. The van der Waals surface area contributed by atoms with E-state index in [1.807, 2.05) is 0 Å². The second-order valence-corrected chi connectivity index (χ2v) is 16.2. The van der Waals surface area contributed by atoms with Crippen molar-refractivity contribution in [2.75, 3.05) is 4.90 Å². The van der Waals surface area contributed by atoms with E-state index in [0.29, 0.717) is 0 Å². The number of hydrogen-bond acceptors (Lipinski definition) is 1. The van der Waals surface area contributed by atoms with E-state index < -0.39 is 0 Å². The Labute approximate surface area is 358 Å². The van der Waals surface area contributed by atoms with Crippen molar-refractivity contribution in [3.8, 4) is 55.6 Å². The van der Waals surface area contributed by atoms with Crippen molar-refractivity contribution in [3.05, 3.63) is 259 Å². The zero-order chi connectivity index (χ0) is 40.8. The maximum absolute atomic E-state index is 2.48. The second-order valence-electron chi connectivity index (χ2n) is 16.2. The van der Waals surface area contributed by atoms with E-state index in [9.17, 15) is 0 Å². The first-order valence-corrected chi connectivity index (χ1v) is 21.2. The smallest absolute Gasteiger partial charge is 0.0540 e. The summed E-state index contributed by atoms with van der Waals surface area (Å²) in [4.78, 5) is 2.48. The summed E-state index contributed by atoms with van der Waals surface area (Å²) in [5.41, 5.74) is 19.0. The van der Waals surface area contributed by atoms with E-state index in [2.05, 4.69) is 254 Å². The molecule has 10 aromatic carbocycles. The number of para-hydroxylation sites is 1. The van der Waals surface area contributed by atoms with Crippen LogP contribution in [0.1, 0.15) is 23.6 Å². The summed E-state index contributed by atoms with van der Waals surface area (Å²) < 4.78 is 0. The van der Waals surface area contributed by atoms with Crippen molar-refractivity contribution in [1.29, 1.82) is 0 Å². The molecule has 0 saturated heterocycles. The molecule has 0 fully saturated rings. The zero-order valence-electron chi connectivity index (χ0n) is 34.0. The van der Waals surface area contributed by atoms with Gasteiger partial charge < -0.3 is 4.90 Å². The summed E-state index contributed by atoms with van der Waals surface area (Å²) in [7, 11) is 0. The van der Waals surface area contributed by atoms with E-state index >= 15 is 0 Å². The highest BCUT2D eigenvalue weighted by atomic mass is 15.1. The zero-order valence-corrected chi connectivity index (χ0v) is 34.0. The van der Waals surface area contributed by atoms with Gasteiger partial charge in [0.05, 0.1) is 5.69 Å². The molecule has 0 spiro atoms. The van der Waals surface area contributed by atoms with Crippen LogP contribution in [0.3, 0.4) is 0 Å². The van der Waals surface area contributed by atoms with Gasteiger partial charge in [0.25, 0.3) is 0 Å². The molecule has 0 heterocycles. The Balaban J connectivity index is 1.14. The van der Waals surface area contributed by atoms with Crippen LogP contribution >= 0.6 is 0 Å². The molecule has 0 saturated carbocycles. The maximum atomic E-state index is 2.48. The molecule has 0 N–H and O–H groups in total. The van der Waals surface area contributed by atoms with Gasteiger partial charge in [0.1, 0.15) is 0 Å². The lowest BCUT2D eigenvalue weighted by molar-refractivity contribution is 0.714. The molecule has 0 aliphatic heterocycles. The van der Waals surface area contributed by atoms with Gasteiger partial charge in [-0.3, -0.25) is 0 Å². The average molecular weight is 778 g/mol. The molecule has 288 valence electrons. The van der Waals surface area contributed by atoms with Crippen molar-refractivity contribution >= 4 is 27.8 Å². The number of hydrogen-bond donors (Lipinski definition) is 0. The van der Waals surface area contributed by atoms with Gasteiger partial charge in [0.15, 0.2) is 0 Å². The molecule has 1 aliphatic rings. The molecule has 0 aromatic heterocycles. The minimum Gasteiger partial charge on any atom is -0.310 e. The van der Waals surface area contributed by atoms with Crippen molar-refractivity contribution in [1.82, 2.24) is 0 Å². The van der Waals surface area contributed by atoms with Gasteiger partial charge in [-0.25, -0.2) is 0 Å². The van der Waals surface area contributed by atoms with Crippen molar-refractivity contribution in [2.45, 2.75) is 12.3 Å². The first-order valence-electron chi connectivity index (χ1n) is 21.2. The van der Waals surface area contributed by atoms with Gasteiger partial charge >= 0.3 is 0 Å². The Morgan fingerprint density at radius 1 is 0.295 bits per heavy atom. The molecule has 1 aliphatic carbocycles. The predicted molar refractivity (Wildman–Crippen MR) is 258 cm³/mol. The highest BCUT2D eigenvalue weighted by Gasteiger charge is 2.41. The largest absolute Gasteiger partial charge is 0.310 e. The van der Waals surface area contributed by atoms with Gasteiger partial charge in [-0.1, -0.05) is 206 Å². The summed E-state index contributed by atoms with van der Waals surface area (Å²) in [6.07, 6.45) is 0. The minimum absolute atomic E-state index is 0.338. The third-order valence-electron chi connectivity index (χ3n) is 12.8. The van der Waals surface area contributed by atoms with Crippen LogP contribution in [0.25, 0.3) is 66.4 Å². The molecule has 10 aromatic rings. The van der Waals surface area contributed by atoms with E-state index in [0.717, 1.165) is 22.6 Å². The fourth-order valence-electron chi connectivity index (χ4n) is 9.76. The average Bonchev–Trinajstić information content (AvgIpc) is 3.60. The van der Waals surface area contributed by atoms with Crippen molar-refractivity contribution in [3.63, 3.8) is 0 Å². The van der Waals surface area contributed by atoms with Gasteiger partial charge in [-0.2, -0.15) is 0 Å². The monoisotopic (exact) mass is 777 g/mol. The molecule has 11 rings (SSSR count). The summed E-state index contributed by atoms with van der Waals surface area (Å²) in [6.45, 7) is 2.40. The van der Waals surface area contributed by atoms with Crippen LogP contribution < -0.4 is 4.90 Å². The number of fused-ring (bicyclic) bond motifs is 4. The van der Waals surface area contributed by atoms with Crippen LogP contribution in [0.4, 0.5) is 17.1 Å². The summed E-state index contributed by atoms with van der Waals surface area (Å²) in [5.74, 6) is 0. The normalized spacial score (nSPS) is 14.0. The molecule has 0 bridgehead atoms. The lowest BCUT2D eigenvalue weighted by Gasteiger charge is -2.32. The maximum Gasteiger partial charge on any atom is 0.0540 e. The number of benzene rings is 10. The molecular formula is C60H43N. The molecule has 1 nitrogen and oxygen atoms in total. The summed E-state index contributed by atoms with van der Waals surface area (Å²) >= 11 is 0. The molecule has 61 heavy (non-hydrogen) atoms. The first-order chi connectivity index (χ1) is 30.1. The lowest BCUT2D eigenvalue weighted by atomic mass is 9.74. The van der Waals surface area contributed by atoms with E-state index in [4.69, 9.17) is 0 Å².